The predicted molar refractivity (Wildman–Crippen MR) is 88.0 cm³/mol. The molecule has 0 heterocycles. The Morgan fingerprint density at radius 2 is 1.65 bits per heavy atom. The molecule has 0 bridgehead atoms. The van der Waals surface area contributed by atoms with E-state index in [9.17, 15) is 0 Å². The average molecular weight is 267 g/mol. The Morgan fingerprint density at radius 3 is 2.45 bits per heavy atom. The van der Waals surface area contributed by atoms with Crippen LogP contribution in [0, 0.1) is 0 Å². The summed E-state index contributed by atoms with van der Waals surface area (Å²) < 4.78 is 0. The Bertz CT molecular complexity index is 770. The molecule has 3 aromatic rings. The van der Waals surface area contributed by atoms with E-state index in [-0.39, 0.29) is 23.1 Å². The summed E-state index contributed by atoms with van der Waals surface area (Å²) in [5.74, 6) is 0. The van der Waals surface area contributed by atoms with Crippen molar-refractivity contribution in [2.24, 2.45) is 0 Å². The minimum absolute atomic E-state index is 0. The third kappa shape index (κ3) is 3.24. The number of fused-ring (bicyclic) bond motifs is 2. The molecule has 0 radical (unpaired) electrons. The van der Waals surface area contributed by atoms with Crippen LogP contribution in [0.4, 0.5) is 0 Å². The van der Waals surface area contributed by atoms with Gasteiger partial charge in [-0.25, -0.2) is 0 Å². The van der Waals surface area contributed by atoms with Crippen LogP contribution in [0.5, 0.6) is 0 Å². The Labute approximate surface area is 135 Å². The molecule has 0 fully saturated rings. The first-order valence-corrected chi connectivity index (χ1v) is 6.33. The molecule has 1 heteroatoms. The topological polar surface area (TPSA) is 0 Å². The first-order chi connectivity index (χ1) is 9.33. The molecule has 0 saturated carbocycles. The predicted octanol–water partition coefficient (Wildman–Crippen LogP) is 2.87. The SMILES string of the molecule is C=C1[C-]=c2ccccc2=C1.[Mg+2].c1ccc2[cH-]ccc2c1. The molecular weight excluding hydrogens is 253 g/mol. The Morgan fingerprint density at radius 1 is 0.900 bits per heavy atom. The van der Waals surface area contributed by atoms with Crippen molar-refractivity contribution in [1.82, 2.24) is 0 Å². The molecular formula is C19H14Mg. The van der Waals surface area contributed by atoms with Crippen molar-refractivity contribution in [2.75, 3.05) is 0 Å². The monoisotopic (exact) mass is 266 g/mol. The molecule has 0 amide bonds. The van der Waals surface area contributed by atoms with E-state index in [1.165, 1.54) is 16.0 Å². The number of allylic oxidation sites excluding steroid dienone is 1. The number of hydrogen-bond donors (Lipinski definition) is 0. The maximum atomic E-state index is 3.80. The van der Waals surface area contributed by atoms with Crippen LogP contribution >= 0.6 is 0 Å². The van der Waals surface area contributed by atoms with Crippen LogP contribution in [0.2, 0.25) is 0 Å². The standard InChI is InChI=1S/C10H7.C9H7.Mg/c1-8-6-9-4-2-3-5-10(9)7-8;1-2-5-9-7-3-6-8(9)4-1;/h2-6H,1H2;1-7H;/q2*-1;+2. The summed E-state index contributed by atoms with van der Waals surface area (Å²) in [5, 5.41) is 5.05. The van der Waals surface area contributed by atoms with E-state index in [2.05, 4.69) is 61.2 Å². The normalized spacial score (nSPS) is 11.5. The van der Waals surface area contributed by atoms with Crippen LogP contribution in [0.3, 0.4) is 0 Å². The molecule has 0 nitrogen and oxygen atoms in total. The van der Waals surface area contributed by atoms with Crippen molar-refractivity contribution >= 4 is 46.0 Å². The van der Waals surface area contributed by atoms with Crippen LogP contribution in [0.25, 0.3) is 22.9 Å². The zero-order valence-electron chi connectivity index (χ0n) is 11.3. The van der Waals surface area contributed by atoms with Gasteiger partial charge in [-0.3, -0.25) is 0 Å². The summed E-state index contributed by atoms with van der Waals surface area (Å²) in [6.07, 6.45) is 5.18. The third-order valence-electron chi connectivity index (χ3n) is 3.13. The van der Waals surface area contributed by atoms with Crippen molar-refractivity contribution < 1.29 is 0 Å². The molecule has 0 aromatic heterocycles. The molecule has 1 aliphatic carbocycles. The van der Waals surface area contributed by atoms with E-state index in [0.717, 1.165) is 10.8 Å². The molecule has 1 aliphatic rings. The summed E-state index contributed by atoms with van der Waals surface area (Å²) in [7, 11) is 0. The smallest absolute Gasteiger partial charge is 0.168 e. The molecule has 0 N–H and O–H groups in total. The zero-order valence-corrected chi connectivity index (χ0v) is 12.8. The quantitative estimate of drug-likeness (QED) is 0.434. The summed E-state index contributed by atoms with van der Waals surface area (Å²) in [4.78, 5) is 0. The van der Waals surface area contributed by atoms with Gasteiger partial charge in [0.1, 0.15) is 0 Å². The van der Waals surface area contributed by atoms with Crippen molar-refractivity contribution in [3.8, 4) is 0 Å². The summed E-state index contributed by atoms with van der Waals surface area (Å²) in [6.45, 7) is 3.80. The van der Waals surface area contributed by atoms with E-state index >= 15 is 0 Å². The van der Waals surface area contributed by atoms with E-state index in [1.807, 2.05) is 24.3 Å². The van der Waals surface area contributed by atoms with Gasteiger partial charge in [-0.1, -0.05) is 24.3 Å². The second-order valence-electron chi connectivity index (χ2n) is 4.54. The molecule has 0 unspecified atom stereocenters. The first-order valence-electron chi connectivity index (χ1n) is 6.33. The number of rotatable bonds is 0. The van der Waals surface area contributed by atoms with E-state index < -0.39 is 0 Å². The van der Waals surface area contributed by atoms with Crippen molar-refractivity contribution in [2.45, 2.75) is 0 Å². The van der Waals surface area contributed by atoms with Gasteiger partial charge >= 0.3 is 23.1 Å². The second-order valence-corrected chi connectivity index (χ2v) is 4.54. The first kappa shape index (κ1) is 14.7. The minimum Gasteiger partial charge on any atom is -0.168 e. The van der Waals surface area contributed by atoms with E-state index in [0.29, 0.717) is 0 Å². The van der Waals surface area contributed by atoms with Gasteiger partial charge in [-0.2, -0.15) is 24.1 Å². The summed E-state index contributed by atoms with van der Waals surface area (Å²) >= 11 is 0. The third-order valence-corrected chi connectivity index (χ3v) is 3.13. The fourth-order valence-corrected chi connectivity index (χ4v) is 2.20. The van der Waals surface area contributed by atoms with Gasteiger partial charge in [0, 0.05) is 0 Å². The Balaban J connectivity index is 0.000000141. The van der Waals surface area contributed by atoms with Crippen LogP contribution in [-0.4, -0.2) is 23.1 Å². The molecule has 20 heavy (non-hydrogen) atoms. The Hall–Kier alpha value is -1.70. The Kier molecular flexibility index (Phi) is 4.88. The second kappa shape index (κ2) is 6.64. The van der Waals surface area contributed by atoms with Gasteiger partial charge in [0.2, 0.25) is 0 Å². The van der Waals surface area contributed by atoms with Gasteiger partial charge in [0.05, 0.1) is 0 Å². The fourth-order valence-electron chi connectivity index (χ4n) is 2.20. The average Bonchev–Trinajstić information content (AvgIpc) is 3.03. The van der Waals surface area contributed by atoms with Crippen LogP contribution < -0.4 is 10.4 Å². The number of benzene rings is 2. The van der Waals surface area contributed by atoms with Crippen molar-refractivity contribution in [3.63, 3.8) is 0 Å². The molecule has 0 spiro atoms. The van der Waals surface area contributed by atoms with Crippen molar-refractivity contribution in [1.29, 1.82) is 0 Å². The maximum absolute atomic E-state index is 3.80. The molecule has 0 atom stereocenters. The summed E-state index contributed by atoms with van der Waals surface area (Å²) in [6, 6.07) is 22.8. The maximum Gasteiger partial charge on any atom is 2.00 e. The molecule has 0 aliphatic heterocycles. The minimum atomic E-state index is 0. The van der Waals surface area contributed by atoms with Crippen molar-refractivity contribution in [3.05, 3.63) is 89.3 Å². The molecule has 3 aromatic carbocycles. The van der Waals surface area contributed by atoms with Crippen LogP contribution in [0.15, 0.2) is 78.9 Å². The van der Waals surface area contributed by atoms with E-state index in [4.69, 9.17) is 0 Å². The largest absolute Gasteiger partial charge is 2.00 e. The molecule has 92 valence electrons. The molecule has 0 saturated heterocycles. The van der Waals surface area contributed by atoms with Gasteiger partial charge in [-0.15, -0.1) is 63.9 Å². The summed E-state index contributed by atoms with van der Waals surface area (Å²) in [5.41, 5.74) is 0.973. The van der Waals surface area contributed by atoms with Crippen LogP contribution in [-0.2, 0) is 0 Å². The van der Waals surface area contributed by atoms with E-state index in [1.54, 1.807) is 0 Å². The zero-order chi connectivity index (χ0) is 13.1. The van der Waals surface area contributed by atoms with Crippen LogP contribution in [0.1, 0.15) is 0 Å². The number of hydrogen-bond acceptors (Lipinski definition) is 0. The van der Waals surface area contributed by atoms with Gasteiger partial charge in [0.15, 0.2) is 0 Å². The van der Waals surface area contributed by atoms with Gasteiger partial charge in [-0.05, 0) is 0 Å². The van der Waals surface area contributed by atoms with Gasteiger partial charge in [0.25, 0.3) is 0 Å². The van der Waals surface area contributed by atoms with Gasteiger partial charge < -0.3 is 0 Å². The molecule has 4 rings (SSSR count). The fraction of sp³-hybridized carbons (Fsp3) is 0.